The topological polar surface area (TPSA) is 63.4 Å². The van der Waals surface area contributed by atoms with Crippen LogP contribution in [-0.2, 0) is 10.0 Å². The van der Waals surface area contributed by atoms with Crippen LogP contribution in [0.5, 0.6) is 0 Å². The average Bonchev–Trinajstić information content (AvgIpc) is 2.32. The highest BCUT2D eigenvalue weighted by molar-refractivity contribution is 7.89. The molecule has 0 aromatic heterocycles. The van der Waals surface area contributed by atoms with Crippen LogP contribution in [0.4, 0.5) is 10.1 Å². The maximum absolute atomic E-state index is 13.3. The summed E-state index contributed by atoms with van der Waals surface area (Å²) < 4.78 is 38.8. The summed E-state index contributed by atoms with van der Waals surface area (Å²) in [5.41, 5.74) is 5.22. The third kappa shape index (κ3) is 2.96. The Labute approximate surface area is 106 Å². The smallest absolute Gasteiger partial charge is 0.243 e. The molecule has 0 aliphatic rings. The van der Waals surface area contributed by atoms with Gasteiger partial charge >= 0.3 is 0 Å². The number of benzene rings is 1. The highest BCUT2D eigenvalue weighted by Gasteiger charge is 2.23. The summed E-state index contributed by atoms with van der Waals surface area (Å²) in [6.45, 7) is 7.22. The number of nitrogens with zero attached hydrogens (tertiary/aromatic N) is 1. The van der Waals surface area contributed by atoms with Crippen molar-refractivity contribution >= 4 is 15.7 Å². The van der Waals surface area contributed by atoms with Crippen molar-refractivity contribution in [2.45, 2.75) is 4.90 Å². The van der Waals surface area contributed by atoms with Gasteiger partial charge in [-0.15, -0.1) is 13.2 Å². The summed E-state index contributed by atoms with van der Waals surface area (Å²) in [5.74, 6) is -0.756. The zero-order valence-electron chi connectivity index (χ0n) is 9.84. The summed E-state index contributed by atoms with van der Waals surface area (Å²) in [5, 5.41) is 0. The molecule has 0 aliphatic heterocycles. The number of halogens is 1. The Morgan fingerprint density at radius 3 is 2.28 bits per heavy atom. The lowest BCUT2D eigenvalue weighted by Crippen LogP contribution is -2.31. The van der Waals surface area contributed by atoms with Crippen LogP contribution in [0.1, 0.15) is 0 Å². The van der Waals surface area contributed by atoms with E-state index in [9.17, 15) is 12.8 Å². The van der Waals surface area contributed by atoms with Crippen molar-refractivity contribution in [2.75, 3.05) is 18.8 Å². The fourth-order valence-electron chi connectivity index (χ4n) is 1.38. The van der Waals surface area contributed by atoms with E-state index in [0.29, 0.717) is 0 Å². The molecule has 0 spiro atoms. The SMILES string of the molecule is C=CCN(CC=C)S(=O)(=O)c1ccc(N)c(F)c1. The first-order valence-corrected chi connectivity index (χ1v) is 6.64. The second kappa shape index (κ2) is 5.79. The number of rotatable bonds is 6. The lowest BCUT2D eigenvalue weighted by molar-refractivity contribution is 0.473. The van der Waals surface area contributed by atoms with E-state index in [4.69, 9.17) is 5.73 Å². The molecule has 0 bridgehead atoms. The van der Waals surface area contributed by atoms with Crippen LogP contribution in [0.25, 0.3) is 0 Å². The van der Waals surface area contributed by atoms with Crippen molar-refractivity contribution in [3.05, 3.63) is 49.3 Å². The molecule has 0 saturated carbocycles. The number of sulfonamides is 1. The van der Waals surface area contributed by atoms with Gasteiger partial charge in [0.05, 0.1) is 10.6 Å². The molecular formula is C12H15FN2O2S. The fourth-order valence-corrected chi connectivity index (χ4v) is 2.77. The molecule has 1 rings (SSSR count). The zero-order valence-corrected chi connectivity index (χ0v) is 10.7. The summed E-state index contributed by atoms with van der Waals surface area (Å²) >= 11 is 0. The van der Waals surface area contributed by atoms with Gasteiger partial charge in [-0.2, -0.15) is 4.31 Å². The Hall–Kier alpha value is -1.66. The van der Waals surface area contributed by atoms with E-state index in [1.54, 1.807) is 0 Å². The Morgan fingerprint density at radius 1 is 1.28 bits per heavy atom. The summed E-state index contributed by atoms with van der Waals surface area (Å²) in [7, 11) is -3.77. The lowest BCUT2D eigenvalue weighted by Gasteiger charge is -2.19. The Morgan fingerprint density at radius 2 is 1.83 bits per heavy atom. The molecule has 2 N–H and O–H groups in total. The van der Waals surface area contributed by atoms with Gasteiger partial charge in [-0.3, -0.25) is 0 Å². The number of nitrogen functional groups attached to an aromatic ring is 1. The van der Waals surface area contributed by atoms with Crippen LogP contribution in [0.3, 0.4) is 0 Å². The Balaban J connectivity index is 3.21. The molecule has 0 aliphatic carbocycles. The second-order valence-electron chi connectivity index (χ2n) is 3.58. The van der Waals surface area contributed by atoms with E-state index in [2.05, 4.69) is 13.2 Å². The van der Waals surface area contributed by atoms with Gasteiger partial charge in [0.1, 0.15) is 5.82 Å². The largest absolute Gasteiger partial charge is 0.396 e. The second-order valence-corrected chi connectivity index (χ2v) is 5.52. The van der Waals surface area contributed by atoms with Gasteiger partial charge in [-0.1, -0.05) is 12.2 Å². The van der Waals surface area contributed by atoms with E-state index >= 15 is 0 Å². The predicted octanol–water partition coefficient (Wildman–Crippen LogP) is 1.77. The van der Waals surface area contributed by atoms with E-state index in [0.717, 1.165) is 10.4 Å². The number of anilines is 1. The highest BCUT2D eigenvalue weighted by Crippen LogP contribution is 2.20. The first-order valence-electron chi connectivity index (χ1n) is 5.20. The molecule has 0 radical (unpaired) electrons. The zero-order chi connectivity index (χ0) is 13.8. The molecule has 0 amide bonds. The van der Waals surface area contributed by atoms with E-state index in [1.807, 2.05) is 0 Å². The molecule has 6 heteroatoms. The number of nitrogens with two attached hydrogens (primary N) is 1. The van der Waals surface area contributed by atoms with Crippen molar-refractivity contribution in [3.63, 3.8) is 0 Å². The molecule has 98 valence electrons. The van der Waals surface area contributed by atoms with Crippen LogP contribution in [-0.4, -0.2) is 25.8 Å². The molecule has 0 heterocycles. The maximum atomic E-state index is 13.3. The Kier molecular flexibility index (Phi) is 4.63. The summed E-state index contributed by atoms with van der Waals surface area (Å²) in [6, 6.07) is 3.40. The van der Waals surface area contributed by atoms with E-state index in [1.165, 1.54) is 24.3 Å². The van der Waals surface area contributed by atoms with Crippen LogP contribution in [0.2, 0.25) is 0 Å². The van der Waals surface area contributed by atoms with Crippen LogP contribution >= 0.6 is 0 Å². The van der Waals surface area contributed by atoms with Crippen LogP contribution in [0, 0.1) is 5.82 Å². The van der Waals surface area contributed by atoms with Gasteiger partial charge in [0, 0.05) is 13.1 Å². The quantitative estimate of drug-likeness (QED) is 0.633. The van der Waals surface area contributed by atoms with Gasteiger partial charge in [0.25, 0.3) is 0 Å². The third-order valence-corrected chi connectivity index (χ3v) is 4.10. The average molecular weight is 270 g/mol. The predicted molar refractivity (Wildman–Crippen MR) is 70.0 cm³/mol. The first-order chi connectivity index (χ1) is 8.43. The van der Waals surface area contributed by atoms with E-state index in [-0.39, 0.29) is 23.7 Å². The Bertz CT molecular complexity index is 545. The molecule has 1 aromatic carbocycles. The number of hydrogen-bond acceptors (Lipinski definition) is 3. The minimum absolute atomic E-state index is 0.0899. The molecule has 1 aromatic rings. The van der Waals surface area contributed by atoms with Crippen molar-refractivity contribution in [1.29, 1.82) is 0 Å². The van der Waals surface area contributed by atoms with Crippen molar-refractivity contribution in [1.82, 2.24) is 4.31 Å². The lowest BCUT2D eigenvalue weighted by atomic mass is 10.3. The highest BCUT2D eigenvalue weighted by atomic mass is 32.2. The molecule has 0 saturated heterocycles. The van der Waals surface area contributed by atoms with Gasteiger partial charge in [-0.25, -0.2) is 12.8 Å². The molecule has 4 nitrogen and oxygen atoms in total. The molecular weight excluding hydrogens is 255 g/mol. The number of hydrogen-bond donors (Lipinski definition) is 1. The van der Waals surface area contributed by atoms with Gasteiger partial charge < -0.3 is 5.73 Å². The summed E-state index contributed by atoms with van der Waals surface area (Å²) in [4.78, 5) is -0.141. The standard InChI is InChI=1S/C12H15FN2O2S/c1-3-7-15(8-4-2)18(16,17)10-5-6-12(14)11(13)9-10/h3-6,9H,1-2,7-8,14H2. The van der Waals surface area contributed by atoms with E-state index < -0.39 is 15.8 Å². The van der Waals surface area contributed by atoms with Crippen molar-refractivity contribution in [3.8, 4) is 0 Å². The molecule has 0 fully saturated rings. The van der Waals surface area contributed by atoms with Gasteiger partial charge in [0.2, 0.25) is 10.0 Å². The molecule has 0 atom stereocenters. The monoisotopic (exact) mass is 270 g/mol. The van der Waals surface area contributed by atoms with Crippen molar-refractivity contribution < 1.29 is 12.8 Å². The molecule has 0 unspecified atom stereocenters. The maximum Gasteiger partial charge on any atom is 0.243 e. The summed E-state index contributed by atoms with van der Waals surface area (Å²) in [6.07, 6.45) is 2.91. The van der Waals surface area contributed by atoms with Crippen LogP contribution in [0.15, 0.2) is 48.4 Å². The van der Waals surface area contributed by atoms with Crippen LogP contribution < -0.4 is 5.73 Å². The minimum Gasteiger partial charge on any atom is -0.396 e. The normalized spacial score (nSPS) is 11.4. The van der Waals surface area contributed by atoms with Gasteiger partial charge in [0.15, 0.2) is 0 Å². The van der Waals surface area contributed by atoms with Crippen molar-refractivity contribution in [2.24, 2.45) is 0 Å². The van der Waals surface area contributed by atoms with Gasteiger partial charge in [-0.05, 0) is 18.2 Å². The fraction of sp³-hybridized carbons (Fsp3) is 0.167. The third-order valence-electron chi connectivity index (χ3n) is 2.28. The molecule has 18 heavy (non-hydrogen) atoms. The first kappa shape index (κ1) is 14.4. The minimum atomic E-state index is -3.77.